The van der Waals surface area contributed by atoms with Crippen LogP contribution < -0.4 is 10.6 Å². The molecule has 7 heteroatoms. The molecular formula is C15H14N4O2S. The Morgan fingerprint density at radius 3 is 2.82 bits per heavy atom. The zero-order valence-electron chi connectivity index (χ0n) is 12.1. The standard InChI is InChI=1S/C15H14N4O2S/c1-9-12(19-7-4-3-5-11(19)17-9)14(21)18-15-10(6-8-22-15)13(20)16-2/h3-8H,1-2H3,(H,16,20)(H,18,21). The number of aryl methyl sites for hydroxylation is 1. The van der Waals surface area contributed by atoms with E-state index in [-0.39, 0.29) is 11.8 Å². The fourth-order valence-electron chi connectivity index (χ4n) is 2.27. The molecule has 0 spiro atoms. The smallest absolute Gasteiger partial charge is 0.275 e. The van der Waals surface area contributed by atoms with Gasteiger partial charge in [0.15, 0.2) is 0 Å². The molecule has 0 atom stereocenters. The van der Waals surface area contributed by atoms with Crippen LogP contribution in [0.25, 0.3) is 5.65 Å². The van der Waals surface area contributed by atoms with Crippen LogP contribution in [-0.4, -0.2) is 28.2 Å². The maximum Gasteiger partial charge on any atom is 0.275 e. The van der Waals surface area contributed by atoms with Crippen molar-refractivity contribution in [3.63, 3.8) is 0 Å². The van der Waals surface area contributed by atoms with Crippen LogP contribution in [0.15, 0.2) is 35.8 Å². The third-order valence-electron chi connectivity index (χ3n) is 3.28. The van der Waals surface area contributed by atoms with Gasteiger partial charge in [-0.05, 0) is 30.5 Å². The molecule has 22 heavy (non-hydrogen) atoms. The molecular weight excluding hydrogens is 300 g/mol. The van der Waals surface area contributed by atoms with Crippen LogP contribution in [0.2, 0.25) is 0 Å². The first-order valence-corrected chi connectivity index (χ1v) is 7.54. The highest BCUT2D eigenvalue weighted by atomic mass is 32.1. The van der Waals surface area contributed by atoms with Gasteiger partial charge in [0.2, 0.25) is 0 Å². The number of hydrogen-bond donors (Lipinski definition) is 2. The van der Waals surface area contributed by atoms with Gasteiger partial charge in [-0.3, -0.25) is 14.0 Å². The van der Waals surface area contributed by atoms with E-state index in [9.17, 15) is 9.59 Å². The van der Waals surface area contributed by atoms with Crippen molar-refractivity contribution in [2.75, 3.05) is 12.4 Å². The summed E-state index contributed by atoms with van der Waals surface area (Å²) in [5.74, 6) is -0.518. The first-order chi connectivity index (χ1) is 10.6. The second-order valence-electron chi connectivity index (χ2n) is 4.67. The number of carbonyl (C=O) groups excluding carboxylic acids is 2. The minimum atomic E-state index is -0.288. The molecule has 0 saturated heterocycles. The molecule has 0 aliphatic carbocycles. The van der Waals surface area contributed by atoms with Gasteiger partial charge in [0.25, 0.3) is 11.8 Å². The summed E-state index contributed by atoms with van der Waals surface area (Å²) >= 11 is 1.31. The second kappa shape index (κ2) is 5.61. The van der Waals surface area contributed by atoms with Gasteiger partial charge in [0, 0.05) is 13.2 Å². The molecule has 0 unspecified atom stereocenters. The van der Waals surface area contributed by atoms with Gasteiger partial charge >= 0.3 is 0 Å². The van der Waals surface area contributed by atoms with Crippen LogP contribution in [-0.2, 0) is 0 Å². The molecule has 2 amide bonds. The van der Waals surface area contributed by atoms with E-state index in [1.165, 1.54) is 11.3 Å². The van der Waals surface area contributed by atoms with Crippen molar-refractivity contribution >= 4 is 33.8 Å². The molecule has 3 aromatic rings. The number of rotatable bonds is 3. The lowest BCUT2D eigenvalue weighted by molar-refractivity contribution is 0.0964. The number of imidazole rings is 1. The summed E-state index contributed by atoms with van der Waals surface area (Å²) in [7, 11) is 1.56. The van der Waals surface area contributed by atoms with E-state index in [4.69, 9.17) is 0 Å². The van der Waals surface area contributed by atoms with Crippen molar-refractivity contribution in [1.82, 2.24) is 14.7 Å². The molecule has 0 aliphatic rings. The predicted molar refractivity (Wildman–Crippen MR) is 85.6 cm³/mol. The Balaban J connectivity index is 1.96. The number of nitrogens with one attached hydrogen (secondary N) is 2. The minimum Gasteiger partial charge on any atom is -0.355 e. The normalized spacial score (nSPS) is 10.6. The number of nitrogens with zero attached hydrogens (tertiary/aromatic N) is 2. The molecule has 0 aliphatic heterocycles. The maximum atomic E-state index is 12.6. The van der Waals surface area contributed by atoms with Gasteiger partial charge in [-0.25, -0.2) is 4.98 Å². The number of fused-ring (bicyclic) bond motifs is 1. The summed E-state index contributed by atoms with van der Waals surface area (Å²) < 4.78 is 1.73. The molecule has 0 saturated carbocycles. The number of thiophene rings is 1. The highest BCUT2D eigenvalue weighted by Crippen LogP contribution is 2.24. The fraction of sp³-hybridized carbons (Fsp3) is 0.133. The quantitative estimate of drug-likeness (QED) is 0.779. The molecule has 0 fully saturated rings. The number of carbonyl (C=O) groups is 2. The largest absolute Gasteiger partial charge is 0.355 e. The lowest BCUT2D eigenvalue weighted by Gasteiger charge is -2.06. The highest BCUT2D eigenvalue weighted by molar-refractivity contribution is 7.14. The Morgan fingerprint density at radius 1 is 1.23 bits per heavy atom. The van der Waals surface area contributed by atoms with Crippen LogP contribution in [0.1, 0.15) is 26.5 Å². The first kappa shape index (κ1) is 14.3. The average Bonchev–Trinajstić information content (AvgIpc) is 3.09. The minimum absolute atomic E-state index is 0.230. The monoisotopic (exact) mass is 314 g/mol. The molecule has 0 radical (unpaired) electrons. The summed E-state index contributed by atoms with van der Waals surface area (Å²) in [5, 5.41) is 7.64. The van der Waals surface area contributed by atoms with Gasteiger partial charge in [0.1, 0.15) is 16.3 Å². The summed E-state index contributed by atoms with van der Waals surface area (Å²) in [5.41, 5.74) is 2.27. The van der Waals surface area contributed by atoms with Gasteiger partial charge in [-0.1, -0.05) is 6.07 Å². The number of aromatic nitrogens is 2. The molecule has 6 nitrogen and oxygen atoms in total. The number of amides is 2. The topological polar surface area (TPSA) is 75.5 Å². The van der Waals surface area contributed by atoms with Gasteiger partial charge in [-0.2, -0.15) is 0 Å². The molecule has 3 rings (SSSR count). The van der Waals surface area contributed by atoms with E-state index in [0.29, 0.717) is 27.6 Å². The third kappa shape index (κ3) is 2.35. The summed E-state index contributed by atoms with van der Waals surface area (Å²) in [6.45, 7) is 1.79. The van der Waals surface area contributed by atoms with Crippen molar-refractivity contribution in [2.24, 2.45) is 0 Å². The van der Waals surface area contributed by atoms with E-state index >= 15 is 0 Å². The van der Waals surface area contributed by atoms with Crippen molar-refractivity contribution in [1.29, 1.82) is 0 Å². The van der Waals surface area contributed by atoms with E-state index in [2.05, 4.69) is 15.6 Å². The van der Waals surface area contributed by atoms with Crippen LogP contribution in [0.3, 0.4) is 0 Å². The fourth-order valence-corrected chi connectivity index (χ4v) is 3.05. The van der Waals surface area contributed by atoms with Crippen LogP contribution in [0.5, 0.6) is 0 Å². The van der Waals surface area contributed by atoms with E-state index in [1.807, 2.05) is 18.2 Å². The molecule has 0 aromatic carbocycles. The van der Waals surface area contributed by atoms with E-state index in [0.717, 1.165) is 0 Å². The number of pyridine rings is 1. The third-order valence-corrected chi connectivity index (χ3v) is 4.11. The van der Waals surface area contributed by atoms with Crippen molar-refractivity contribution in [3.8, 4) is 0 Å². The average molecular weight is 314 g/mol. The summed E-state index contributed by atoms with van der Waals surface area (Å²) in [4.78, 5) is 28.7. The van der Waals surface area contributed by atoms with Crippen LogP contribution >= 0.6 is 11.3 Å². The zero-order chi connectivity index (χ0) is 15.7. The summed E-state index contributed by atoms with van der Waals surface area (Å²) in [6.07, 6.45) is 1.79. The van der Waals surface area contributed by atoms with Gasteiger partial charge < -0.3 is 10.6 Å². The highest BCUT2D eigenvalue weighted by Gasteiger charge is 2.19. The second-order valence-corrected chi connectivity index (χ2v) is 5.59. The summed E-state index contributed by atoms with van der Waals surface area (Å²) in [6, 6.07) is 7.23. The Kier molecular flexibility index (Phi) is 3.64. The molecule has 0 bridgehead atoms. The number of hydrogen-bond acceptors (Lipinski definition) is 4. The number of anilines is 1. The van der Waals surface area contributed by atoms with Crippen LogP contribution in [0, 0.1) is 6.92 Å². The first-order valence-electron chi connectivity index (χ1n) is 6.66. The molecule has 2 N–H and O–H groups in total. The maximum absolute atomic E-state index is 12.6. The van der Waals surface area contributed by atoms with Crippen molar-refractivity contribution in [3.05, 3.63) is 52.8 Å². The Labute approximate surface area is 130 Å². The Bertz CT molecular complexity index is 865. The lowest BCUT2D eigenvalue weighted by atomic mass is 10.3. The van der Waals surface area contributed by atoms with E-state index in [1.54, 1.807) is 36.0 Å². The molecule has 3 aromatic heterocycles. The zero-order valence-corrected chi connectivity index (χ0v) is 12.9. The lowest BCUT2D eigenvalue weighted by Crippen LogP contribution is -2.21. The predicted octanol–water partition coefficient (Wildman–Crippen LogP) is 2.32. The molecule has 3 heterocycles. The van der Waals surface area contributed by atoms with Crippen molar-refractivity contribution in [2.45, 2.75) is 6.92 Å². The van der Waals surface area contributed by atoms with E-state index < -0.39 is 0 Å². The van der Waals surface area contributed by atoms with Gasteiger partial charge in [0.05, 0.1) is 11.3 Å². The SMILES string of the molecule is CNC(=O)c1ccsc1NC(=O)c1c(C)nc2ccccn12. The Morgan fingerprint density at radius 2 is 2.05 bits per heavy atom. The van der Waals surface area contributed by atoms with Crippen molar-refractivity contribution < 1.29 is 9.59 Å². The Hall–Kier alpha value is -2.67. The van der Waals surface area contributed by atoms with Crippen LogP contribution in [0.4, 0.5) is 5.00 Å². The molecule has 112 valence electrons. The van der Waals surface area contributed by atoms with Gasteiger partial charge in [-0.15, -0.1) is 11.3 Å².